The molecule has 1 aliphatic carbocycles. The van der Waals surface area contributed by atoms with Gasteiger partial charge in [-0.25, -0.2) is 9.59 Å². The minimum Gasteiger partial charge on any atom is -0.490 e. The van der Waals surface area contributed by atoms with Crippen molar-refractivity contribution in [3.63, 3.8) is 0 Å². The number of carbonyl (C=O) groups is 2. The number of carbonyl (C=O) groups excluding carboxylic acids is 1. The third-order valence-corrected chi connectivity index (χ3v) is 4.73. The monoisotopic (exact) mass is 388 g/mol. The van der Waals surface area contributed by atoms with Crippen LogP contribution in [0.15, 0.2) is 48.3 Å². The molecular formula is C22H28O6. The van der Waals surface area contributed by atoms with E-state index in [-0.39, 0.29) is 25.1 Å². The zero-order valence-corrected chi connectivity index (χ0v) is 16.5. The van der Waals surface area contributed by atoms with E-state index in [0.29, 0.717) is 11.5 Å². The molecule has 152 valence electrons. The minimum absolute atomic E-state index is 0.0267. The van der Waals surface area contributed by atoms with Gasteiger partial charge in [0.05, 0.1) is 6.10 Å². The summed E-state index contributed by atoms with van der Waals surface area (Å²) in [6.45, 7) is 7.27. The molecule has 1 aromatic carbocycles. The van der Waals surface area contributed by atoms with Gasteiger partial charge in [0, 0.05) is 5.57 Å². The van der Waals surface area contributed by atoms with E-state index in [4.69, 9.17) is 19.3 Å². The third-order valence-electron chi connectivity index (χ3n) is 4.73. The lowest BCUT2D eigenvalue weighted by Crippen LogP contribution is -2.22. The standard InChI is InChI=1S/C22H28O6/c1-4-20(21(23)24)28-19-11-7-17(8-12-19)16-5-9-18(10-6-16)26-13-14-27-22(25)15(2)3/h4-6,9-10,17,19H,2,7-8,11-14H2,1,3H3,(H,23,24). The summed E-state index contributed by atoms with van der Waals surface area (Å²) in [7, 11) is 0. The highest BCUT2D eigenvalue weighted by Gasteiger charge is 2.25. The molecule has 1 aromatic rings. The zero-order chi connectivity index (χ0) is 20.5. The van der Waals surface area contributed by atoms with Crippen molar-refractivity contribution in [3.05, 3.63) is 53.8 Å². The number of hydrogen-bond acceptors (Lipinski definition) is 5. The van der Waals surface area contributed by atoms with Crippen molar-refractivity contribution in [1.29, 1.82) is 0 Å². The first-order valence-corrected chi connectivity index (χ1v) is 9.52. The number of hydrogen-bond donors (Lipinski definition) is 1. The largest absolute Gasteiger partial charge is 0.490 e. The first-order valence-electron chi connectivity index (χ1n) is 9.52. The van der Waals surface area contributed by atoms with Gasteiger partial charge in [-0.05, 0) is 69.2 Å². The number of esters is 1. The van der Waals surface area contributed by atoms with E-state index in [1.807, 2.05) is 12.1 Å². The van der Waals surface area contributed by atoms with E-state index in [1.165, 1.54) is 11.6 Å². The molecule has 2 rings (SSSR count). The van der Waals surface area contributed by atoms with Gasteiger partial charge in [0.25, 0.3) is 0 Å². The number of allylic oxidation sites excluding steroid dienone is 1. The lowest BCUT2D eigenvalue weighted by atomic mass is 9.83. The highest BCUT2D eigenvalue weighted by molar-refractivity contribution is 5.86. The van der Waals surface area contributed by atoms with Crippen LogP contribution in [0, 0.1) is 0 Å². The Morgan fingerprint density at radius 3 is 2.32 bits per heavy atom. The Bertz CT molecular complexity index is 711. The molecule has 6 heteroatoms. The van der Waals surface area contributed by atoms with Crippen LogP contribution in [0.1, 0.15) is 51.0 Å². The van der Waals surface area contributed by atoms with Crippen LogP contribution in [0.5, 0.6) is 5.75 Å². The van der Waals surface area contributed by atoms with Crippen molar-refractivity contribution in [2.75, 3.05) is 13.2 Å². The molecule has 0 atom stereocenters. The fraction of sp³-hybridized carbons (Fsp3) is 0.455. The number of ether oxygens (including phenoxy) is 3. The van der Waals surface area contributed by atoms with Crippen molar-refractivity contribution in [3.8, 4) is 5.75 Å². The lowest BCUT2D eigenvalue weighted by Gasteiger charge is -2.29. The molecular weight excluding hydrogens is 360 g/mol. The maximum Gasteiger partial charge on any atom is 0.370 e. The minimum atomic E-state index is -1.02. The van der Waals surface area contributed by atoms with Crippen molar-refractivity contribution < 1.29 is 28.9 Å². The van der Waals surface area contributed by atoms with Crippen molar-refractivity contribution >= 4 is 11.9 Å². The first kappa shape index (κ1) is 21.5. The molecule has 0 aliphatic heterocycles. The molecule has 28 heavy (non-hydrogen) atoms. The van der Waals surface area contributed by atoms with Gasteiger partial charge in [0.15, 0.2) is 5.76 Å². The van der Waals surface area contributed by atoms with E-state index in [2.05, 4.69) is 18.7 Å². The van der Waals surface area contributed by atoms with Gasteiger partial charge >= 0.3 is 11.9 Å². The van der Waals surface area contributed by atoms with Crippen LogP contribution in [0.3, 0.4) is 0 Å². The normalized spacial score (nSPS) is 19.6. The van der Waals surface area contributed by atoms with Crippen molar-refractivity contribution in [2.45, 2.75) is 51.6 Å². The smallest absolute Gasteiger partial charge is 0.370 e. The fourth-order valence-electron chi connectivity index (χ4n) is 3.19. The van der Waals surface area contributed by atoms with Crippen LogP contribution in [-0.2, 0) is 19.1 Å². The Morgan fingerprint density at radius 1 is 1.14 bits per heavy atom. The van der Waals surface area contributed by atoms with E-state index >= 15 is 0 Å². The molecule has 1 N–H and O–H groups in total. The zero-order valence-electron chi connectivity index (χ0n) is 16.5. The quantitative estimate of drug-likeness (QED) is 0.295. The van der Waals surface area contributed by atoms with Gasteiger partial charge in [-0.1, -0.05) is 18.7 Å². The van der Waals surface area contributed by atoms with Gasteiger partial charge in [0.1, 0.15) is 19.0 Å². The van der Waals surface area contributed by atoms with Crippen molar-refractivity contribution in [2.24, 2.45) is 0 Å². The van der Waals surface area contributed by atoms with Crippen LogP contribution in [0.4, 0.5) is 0 Å². The second-order valence-electron chi connectivity index (χ2n) is 6.88. The molecule has 0 aromatic heterocycles. The summed E-state index contributed by atoms with van der Waals surface area (Å²) in [6, 6.07) is 7.94. The summed E-state index contributed by atoms with van der Waals surface area (Å²) in [5, 5.41) is 9.06. The van der Waals surface area contributed by atoms with Crippen LogP contribution < -0.4 is 4.74 Å². The molecule has 0 amide bonds. The first-order chi connectivity index (χ1) is 13.4. The number of benzene rings is 1. The summed E-state index contributed by atoms with van der Waals surface area (Å²) in [6.07, 6.45) is 5.04. The Kier molecular flexibility index (Phi) is 8.11. The fourth-order valence-corrected chi connectivity index (χ4v) is 3.19. The molecule has 0 bridgehead atoms. The predicted octanol–water partition coefficient (Wildman–Crippen LogP) is 4.22. The van der Waals surface area contributed by atoms with Gasteiger partial charge in [-0.15, -0.1) is 0 Å². The molecule has 0 unspecified atom stereocenters. The van der Waals surface area contributed by atoms with Crippen LogP contribution in [0.25, 0.3) is 0 Å². The maximum absolute atomic E-state index is 11.3. The summed E-state index contributed by atoms with van der Waals surface area (Å²) in [5.41, 5.74) is 1.61. The van der Waals surface area contributed by atoms with Crippen LogP contribution in [0.2, 0.25) is 0 Å². The predicted molar refractivity (Wildman–Crippen MR) is 105 cm³/mol. The number of aliphatic carboxylic acids is 1. The topological polar surface area (TPSA) is 82.1 Å². The Morgan fingerprint density at radius 2 is 1.79 bits per heavy atom. The SMILES string of the molecule is C=C(C)C(=O)OCCOc1ccc(C2CCC(OC(=CC)C(=O)O)CC2)cc1. The average molecular weight is 388 g/mol. The maximum atomic E-state index is 11.3. The highest BCUT2D eigenvalue weighted by Crippen LogP contribution is 2.35. The highest BCUT2D eigenvalue weighted by atomic mass is 16.6. The van der Waals surface area contributed by atoms with Gasteiger partial charge < -0.3 is 19.3 Å². The van der Waals surface area contributed by atoms with Crippen LogP contribution >= 0.6 is 0 Å². The Hall–Kier alpha value is -2.76. The molecule has 6 nitrogen and oxygen atoms in total. The molecule has 1 saturated carbocycles. The van der Waals surface area contributed by atoms with Crippen molar-refractivity contribution in [1.82, 2.24) is 0 Å². The molecule has 1 fully saturated rings. The summed E-state index contributed by atoms with van der Waals surface area (Å²) < 4.78 is 16.2. The van der Waals surface area contributed by atoms with E-state index in [1.54, 1.807) is 13.8 Å². The van der Waals surface area contributed by atoms with Gasteiger partial charge in [-0.2, -0.15) is 0 Å². The number of carboxylic acids is 1. The summed E-state index contributed by atoms with van der Waals surface area (Å²) in [4.78, 5) is 22.3. The summed E-state index contributed by atoms with van der Waals surface area (Å²) >= 11 is 0. The Labute approximate surface area is 165 Å². The van der Waals surface area contributed by atoms with E-state index < -0.39 is 11.9 Å². The van der Waals surface area contributed by atoms with Gasteiger partial charge in [0.2, 0.25) is 0 Å². The Balaban J connectivity index is 1.76. The van der Waals surface area contributed by atoms with Gasteiger partial charge in [-0.3, -0.25) is 0 Å². The molecule has 0 radical (unpaired) electrons. The average Bonchev–Trinajstić information content (AvgIpc) is 2.69. The van der Waals surface area contributed by atoms with E-state index in [0.717, 1.165) is 31.4 Å². The summed E-state index contributed by atoms with van der Waals surface area (Å²) in [5.74, 6) is -0.243. The third kappa shape index (κ3) is 6.44. The second-order valence-corrected chi connectivity index (χ2v) is 6.88. The molecule has 1 aliphatic rings. The molecule has 0 saturated heterocycles. The molecule has 0 spiro atoms. The second kappa shape index (κ2) is 10.5. The number of rotatable bonds is 9. The van der Waals surface area contributed by atoms with E-state index in [9.17, 15) is 9.59 Å². The molecule has 0 heterocycles. The lowest BCUT2D eigenvalue weighted by molar-refractivity contribution is -0.140. The number of carboxylic acid groups (broad SMARTS) is 1. The van der Waals surface area contributed by atoms with Crippen LogP contribution in [-0.4, -0.2) is 36.4 Å².